The molecule has 0 unspecified atom stereocenters. The van der Waals surface area contributed by atoms with E-state index in [2.05, 4.69) is 27.3 Å². The van der Waals surface area contributed by atoms with Crippen molar-refractivity contribution < 1.29 is 4.79 Å². The van der Waals surface area contributed by atoms with Crippen LogP contribution in [0.3, 0.4) is 0 Å². The second kappa shape index (κ2) is 7.27. The van der Waals surface area contributed by atoms with Crippen LogP contribution in [0.25, 0.3) is 0 Å². The van der Waals surface area contributed by atoms with Gasteiger partial charge in [0.2, 0.25) is 0 Å². The number of fused-ring (bicyclic) bond motifs is 1. The number of aromatic amines is 1. The molecule has 1 aromatic heterocycles. The summed E-state index contributed by atoms with van der Waals surface area (Å²) in [5.74, 6) is 0.137. The first-order chi connectivity index (χ1) is 9.81. The number of amides is 1. The highest BCUT2D eigenvalue weighted by Gasteiger charge is 2.30. The predicted octanol–water partition coefficient (Wildman–Crippen LogP) is 1.92. The fourth-order valence-electron chi connectivity index (χ4n) is 3.44. The Kier molecular flexibility index (Phi) is 5.65. The summed E-state index contributed by atoms with van der Waals surface area (Å²) in [6.45, 7) is 5.00. The summed E-state index contributed by atoms with van der Waals surface area (Å²) >= 11 is 0. The number of aromatic nitrogens is 2. The van der Waals surface area contributed by atoms with Gasteiger partial charge in [0.1, 0.15) is 0 Å². The van der Waals surface area contributed by atoms with Crippen LogP contribution in [0.5, 0.6) is 0 Å². The Bertz CT molecular complexity index is 482. The van der Waals surface area contributed by atoms with Gasteiger partial charge < -0.3 is 10.2 Å². The number of hydrogen-bond acceptors (Lipinski definition) is 3. The molecule has 21 heavy (non-hydrogen) atoms. The molecule has 1 aliphatic heterocycles. The lowest BCUT2D eigenvalue weighted by Gasteiger charge is -2.34. The average molecular weight is 313 g/mol. The lowest BCUT2D eigenvalue weighted by Crippen LogP contribution is -2.46. The molecule has 0 saturated carbocycles. The molecule has 1 saturated heterocycles. The Hall–Kier alpha value is -1.07. The molecular formula is C15H25ClN4O. The Morgan fingerprint density at radius 3 is 2.81 bits per heavy atom. The number of nitrogens with one attached hydrogen (secondary N) is 2. The molecule has 0 spiro atoms. The molecular weight excluding hydrogens is 288 g/mol. The highest BCUT2D eigenvalue weighted by molar-refractivity contribution is 5.94. The van der Waals surface area contributed by atoms with E-state index in [9.17, 15) is 4.79 Å². The molecule has 0 radical (unpaired) electrons. The van der Waals surface area contributed by atoms with E-state index in [1.807, 2.05) is 0 Å². The third-order valence-corrected chi connectivity index (χ3v) is 4.48. The van der Waals surface area contributed by atoms with E-state index in [1.54, 1.807) is 0 Å². The van der Waals surface area contributed by atoms with Gasteiger partial charge in [0, 0.05) is 23.8 Å². The SMILES string of the molecule is CCCN(C(=O)c1n[nH]c2c1CCC2)C1CCNCC1.Cl. The van der Waals surface area contributed by atoms with E-state index in [4.69, 9.17) is 0 Å². The summed E-state index contributed by atoms with van der Waals surface area (Å²) in [5.41, 5.74) is 3.03. The molecule has 5 nitrogen and oxygen atoms in total. The third kappa shape index (κ3) is 3.24. The van der Waals surface area contributed by atoms with Crippen molar-refractivity contribution in [3.05, 3.63) is 17.0 Å². The second-order valence-electron chi connectivity index (χ2n) is 5.86. The van der Waals surface area contributed by atoms with Gasteiger partial charge in [-0.25, -0.2) is 0 Å². The van der Waals surface area contributed by atoms with Crippen LogP contribution in [-0.2, 0) is 12.8 Å². The number of carbonyl (C=O) groups excluding carboxylic acids is 1. The third-order valence-electron chi connectivity index (χ3n) is 4.48. The number of piperidine rings is 1. The highest BCUT2D eigenvalue weighted by Crippen LogP contribution is 2.25. The van der Waals surface area contributed by atoms with Crippen molar-refractivity contribution >= 4 is 18.3 Å². The van der Waals surface area contributed by atoms with Crippen LogP contribution in [0.2, 0.25) is 0 Å². The average Bonchev–Trinajstić information content (AvgIpc) is 3.08. The zero-order chi connectivity index (χ0) is 13.9. The normalized spacial score (nSPS) is 18.1. The first-order valence-corrected chi connectivity index (χ1v) is 7.89. The van der Waals surface area contributed by atoms with Crippen molar-refractivity contribution in [1.82, 2.24) is 20.4 Å². The number of H-pyrrole nitrogens is 1. The maximum absolute atomic E-state index is 12.9. The molecule has 6 heteroatoms. The van der Waals surface area contributed by atoms with E-state index in [0.29, 0.717) is 11.7 Å². The number of hydrogen-bond donors (Lipinski definition) is 2. The van der Waals surface area contributed by atoms with Crippen LogP contribution in [0.1, 0.15) is 54.4 Å². The largest absolute Gasteiger partial charge is 0.334 e. The number of rotatable bonds is 4. The lowest BCUT2D eigenvalue weighted by atomic mass is 10.0. The Morgan fingerprint density at radius 2 is 2.10 bits per heavy atom. The molecule has 2 heterocycles. The van der Waals surface area contributed by atoms with Crippen LogP contribution >= 0.6 is 12.4 Å². The molecule has 2 N–H and O–H groups in total. The van der Waals surface area contributed by atoms with Crippen LogP contribution in [0, 0.1) is 0 Å². The maximum Gasteiger partial charge on any atom is 0.274 e. The summed E-state index contributed by atoms with van der Waals surface area (Å²) in [6, 6.07) is 0.373. The van der Waals surface area contributed by atoms with Gasteiger partial charge in [-0.2, -0.15) is 5.10 Å². The van der Waals surface area contributed by atoms with Gasteiger partial charge in [0.25, 0.3) is 5.91 Å². The van der Waals surface area contributed by atoms with Crippen molar-refractivity contribution in [2.75, 3.05) is 19.6 Å². The highest BCUT2D eigenvalue weighted by atomic mass is 35.5. The lowest BCUT2D eigenvalue weighted by molar-refractivity contribution is 0.0635. The molecule has 118 valence electrons. The molecule has 1 amide bonds. The minimum atomic E-state index is 0. The van der Waals surface area contributed by atoms with Crippen molar-refractivity contribution in [2.24, 2.45) is 0 Å². The second-order valence-corrected chi connectivity index (χ2v) is 5.86. The quantitative estimate of drug-likeness (QED) is 0.893. The van der Waals surface area contributed by atoms with Crippen LogP contribution in [0.4, 0.5) is 0 Å². The van der Waals surface area contributed by atoms with Gasteiger partial charge >= 0.3 is 0 Å². The van der Waals surface area contributed by atoms with Gasteiger partial charge in [-0.3, -0.25) is 9.89 Å². The number of carbonyl (C=O) groups is 1. The monoisotopic (exact) mass is 312 g/mol. The van der Waals surface area contributed by atoms with Crippen molar-refractivity contribution in [2.45, 2.75) is 51.5 Å². The minimum absolute atomic E-state index is 0. The topological polar surface area (TPSA) is 61.0 Å². The fraction of sp³-hybridized carbons (Fsp3) is 0.733. The van der Waals surface area contributed by atoms with Gasteiger partial charge in [-0.1, -0.05) is 6.92 Å². The first-order valence-electron chi connectivity index (χ1n) is 7.89. The van der Waals surface area contributed by atoms with E-state index in [-0.39, 0.29) is 18.3 Å². The number of halogens is 1. The summed E-state index contributed by atoms with van der Waals surface area (Å²) in [7, 11) is 0. The van der Waals surface area contributed by atoms with E-state index >= 15 is 0 Å². The molecule has 1 aromatic rings. The standard InChI is InChI=1S/C15H24N4O.ClH/c1-2-10-19(11-6-8-16-9-7-11)15(20)14-12-4-3-5-13(12)17-18-14;/h11,16H,2-10H2,1H3,(H,17,18);1H. The van der Waals surface area contributed by atoms with Gasteiger partial charge in [-0.15, -0.1) is 12.4 Å². The minimum Gasteiger partial charge on any atom is -0.334 e. The van der Waals surface area contributed by atoms with Gasteiger partial charge in [0.05, 0.1) is 0 Å². The summed E-state index contributed by atoms with van der Waals surface area (Å²) < 4.78 is 0. The Balaban J connectivity index is 0.00000161. The van der Waals surface area contributed by atoms with E-state index in [1.165, 1.54) is 11.3 Å². The number of aryl methyl sites for hydroxylation is 1. The molecule has 0 aromatic carbocycles. The maximum atomic E-state index is 12.9. The van der Waals surface area contributed by atoms with Crippen LogP contribution < -0.4 is 5.32 Å². The van der Waals surface area contributed by atoms with Crippen LogP contribution in [0.15, 0.2) is 0 Å². The van der Waals surface area contributed by atoms with Crippen LogP contribution in [-0.4, -0.2) is 46.7 Å². The molecule has 1 aliphatic carbocycles. The summed E-state index contributed by atoms with van der Waals surface area (Å²) in [5, 5.41) is 10.7. The summed E-state index contributed by atoms with van der Waals surface area (Å²) in [4.78, 5) is 14.9. The fourth-order valence-corrected chi connectivity index (χ4v) is 3.44. The smallest absolute Gasteiger partial charge is 0.274 e. The molecule has 2 aliphatic rings. The molecule has 1 fully saturated rings. The molecule has 3 rings (SSSR count). The van der Waals surface area contributed by atoms with Crippen molar-refractivity contribution in [3.63, 3.8) is 0 Å². The molecule has 0 bridgehead atoms. The summed E-state index contributed by atoms with van der Waals surface area (Å²) in [6.07, 6.45) is 6.29. The molecule has 0 atom stereocenters. The zero-order valence-corrected chi connectivity index (χ0v) is 13.5. The predicted molar refractivity (Wildman–Crippen MR) is 85.1 cm³/mol. The Morgan fingerprint density at radius 1 is 1.33 bits per heavy atom. The van der Waals surface area contributed by atoms with Gasteiger partial charge in [0.15, 0.2) is 5.69 Å². The van der Waals surface area contributed by atoms with E-state index in [0.717, 1.165) is 58.2 Å². The first kappa shape index (κ1) is 16.3. The van der Waals surface area contributed by atoms with E-state index < -0.39 is 0 Å². The van der Waals surface area contributed by atoms with Crippen molar-refractivity contribution in [1.29, 1.82) is 0 Å². The number of nitrogens with zero attached hydrogens (tertiary/aromatic N) is 2. The van der Waals surface area contributed by atoms with Crippen molar-refractivity contribution in [3.8, 4) is 0 Å². The Labute approximate surface area is 132 Å². The van der Waals surface area contributed by atoms with Gasteiger partial charge in [-0.05, 0) is 51.6 Å². The zero-order valence-electron chi connectivity index (χ0n) is 12.7.